The first-order chi connectivity index (χ1) is 29.2. The van der Waals surface area contributed by atoms with Crippen LogP contribution in [0.1, 0.15) is 142 Å². The fourth-order valence-corrected chi connectivity index (χ4v) is 8.21. The molecule has 2 aromatic carbocycles. The van der Waals surface area contributed by atoms with Gasteiger partial charge in [0.2, 0.25) is 0 Å². The van der Waals surface area contributed by atoms with Gasteiger partial charge in [-0.2, -0.15) is 0 Å². The molecule has 2 saturated carbocycles. The Morgan fingerprint density at radius 2 is 1.08 bits per heavy atom. The molecule has 4 saturated heterocycles. The van der Waals surface area contributed by atoms with Crippen LogP contribution < -0.4 is 5.32 Å². The van der Waals surface area contributed by atoms with E-state index in [1.54, 1.807) is 9.80 Å². The van der Waals surface area contributed by atoms with Crippen molar-refractivity contribution in [2.45, 2.75) is 155 Å². The topological polar surface area (TPSA) is 221 Å². The summed E-state index contributed by atoms with van der Waals surface area (Å²) >= 11 is 0. The van der Waals surface area contributed by atoms with Gasteiger partial charge in [-0.15, -0.1) is 0 Å². The molecule has 2 aliphatic carbocycles. The Bertz CT molecular complexity index is 1480. The van der Waals surface area contributed by atoms with Gasteiger partial charge in [-0.25, -0.2) is 9.59 Å². The largest absolute Gasteiger partial charge is 0.445 e. The number of likely N-dealkylation sites (tertiary alicyclic amines) is 2. The molecule has 14 nitrogen and oxygen atoms in total. The summed E-state index contributed by atoms with van der Waals surface area (Å²) in [5.41, 5.74) is 1.11. The first-order valence-corrected chi connectivity index (χ1v) is 22.8. The molecule has 6 fully saturated rings. The van der Waals surface area contributed by atoms with E-state index in [1.807, 2.05) is 60.7 Å². The van der Waals surface area contributed by atoms with Crippen LogP contribution in [-0.4, -0.2) is 125 Å². The summed E-state index contributed by atoms with van der Waals surface area (Å²) in [4.78, 5) is 39.0. The standard InChI is InChI=1S/C18H25NO3.C15H19NO3.C10H19NO.C4H8O.CH4O.2CH4.2H2O.Pd/c20-17(22-14-15-6-2-1-3-7-15)19-12-5-4-10-18(21,11-13-19)16-8-9-16;17-14-8-4-5-10-16(11-9-14)15(18)19-12-13-6-2-1-3-7-13;12-10(9-3-4-9)5-1-2-7-11-8-6-10;1-2-4-5-3-1;1-2;;;;;/h1-3,6-7,16,21H,4-5,8-14H2;1-3,6-7H,4-5,8-12H2;9,11-12H,1-8H2;1-4H2;2H,1H3;2*1H4;2*1H2;. The first kappa shape index (κ1) is 64.1. The zero-order valence-electron chi connectivity index (χ0n) is 37.7. The second-order valence-corrected chi connectivity index (χ2v) is 17.0. The van der Waals surface area contributed by atoms with Gasteiger partial charge in [0.05, 0.1) is 11.2 Å². The maximum absolute atomic E-state index is 12.3. The van der Waals surface area contributed by atoms with Gasteiger partial charge in [0, 0.05) is 79.8 Å². The third-order valence-electron chi connectivity index (χ3n) is 12.3. The number of nitrogens with zero attached hydrogens (tertiary/aromatic N) is 2. The maximum atomic E-state index is 12.3. The van der Waals surface area contributed by atoms with Crippen LogP contribution in [0.3, 0.4) is 0 Å². The molecule has 2 atom stereocenters. The summed E-state index contributed by atoms with van der Waals surface area (Å²) in [5, 5.41) is 31.4. The van der Waals surface area contributed by atoms with Crippen molar-refractivity contribution < 1.29 is 75.3 Å². The molecule has 8 rings (SSSR count). The maximum Gasteiger partial charge on any atom is 0.410 e. The van der Waals surface area contributed by atoms with E-state index in [2.05, 4.69) is 5.32 Å². The number of nitrogens with one attached hydrogen (secondary N) is 1. The Labute approximate surface area is 404 Å². The Kier molecular flexibility index (Phi) is 35.6. The van der Waals surface area contributed by atoms with Crippen LogP contribution in [0.2, 0.25) is 0 Å². The number of ketones is 1. The van der Waals surface area contributed by atoms with Crippen molar-refractivity contribution >= 4 is 18.0 Å². The molecule has 378 valence electrons. The van der Waals surface area contributed by atoms with E-state index in [-0.39, 0.29) is 76.4 Å². The molecule has 2 unspecified atom stereocenters. The molecule has 2 aromatic rings. The number of aliphatic hydroxyl groups excluding tert-OH is 1. The Hall–Kier alpha value is -2.97. The summed E-state index contributed by atoms with van der Waals surface area (Å²) < 4.78 is 15.6. The van der Waals surface area contributed by atoms with E-state index in [4.69, 9.17) is 19.3 Å². The summed E-state index contributed by atoms with van der Waals surface area (Å²) in [6.07, 6.45) is 17.5. The monoisotopic (exact) mass is 1010 g/mol. The summed E-state index contributed by atoms with van der Waals surface area (Å²) in [7, 11) is 1.00. The van der Waals surface area contributed by atoms with Crippen LogP contribution in [0.15, 0.2) is 60.7 Å². The van der Waals surface area contributed by atoms with E-state index in [1.165, 1.54) is 38.5 Å². The Morgan fingerprint density at radius 3 is 1.55 bits per heavy atom. The molecule has 4 heterocycles. The van der Waals surface area contributed by atoms with Gasteiger partial charge in [-0.1, -0.05) is 75.5 Å². The van der Waals surface area contributed by atoms with Crippen LogP contribution in [-0.2, 0) is 52.6 Å². The van der Waals surface area contributed by atoms with Crippen LogP contribution in [0, 0.1) is 11.8 Å². The molecule has 0 radical (unpaired) electrons. The second kappa shape index (κ2) is 36.1. The van der Waals surface area contributed by atoms with Crippen LogP contribution in [0.4, 0.5) is 9.59 Å². The molecular weight excluding hydrogens is 925 g/mol. The fourth-order valence-electron chi connectivity index (χ4n) is 8.21. The van der Waals surface area contributed by atoms with Crippen LogP contribution >= 0.6 is 0 Å². The average molecular weight is 1010 g/mol. The van der Waals surface area contributed by atoms with Gasteiger partial charge >= 0.3 is 12.2 Å². The Balaban J connectivity index is 0. The molecule has 0 aromatic heterocycles. The normalized spacial score (nSPS) is 22.8. The van der Waals surface area contributed by atoms with Crippen molar-refractivity contribution in [3.63, 3.8) is 0 Å². The average Bonchev–Trinajstić information content (AvgIpc) is 4.22. The molecule has 15 heteroatoms. The zero-order chi connectivity index (χ0) is 42.9. The number of amides is 2. The summed E-state index contributed by atoms with van der Waals surface area (Å²) in [5.74, 6) is 1.32. The SMILES string of the molecule is C.C.C1CCOC1.CO.O.O.O=C(OCc1ccccc1)N1CCCCC(O)(C2CC2)CC1.O=C1CCCCN(C(=O)OCc2ccccc2)CC1.OC1(C2CC2)CCCCNCC1.[Pd]. The van der Waals surface area contributed by atoms with Crippen LogP contribution in [0.5, 0.6) is 0 Å². The minimum absolute atomic E-state index is 0. The van der Waals surface area contributed by atoms with E-state index in [0.29, 0.717) is 57.3 Å². The number of benzene rings is 2. The van der Waals surface area contributed by atoms with Crippen molar-refractivity contribution in [2.24, 2.45) is 11.8 Å². The van der Waals surface area contributed by atoms with Crippen molar-refractivity contribution in [3.05, 3.63) is 71.8 Å². The van der Waals surface area contributed by atoms with Crippen molar-refractivity contribution in [3.8, 4) is 0 Å². The predicted octanol–water partition coefficient (Wildman–Crippen LogP) is 7.43. The minimum atomic E-state index is -0.557. The number of carbonyl (C=O) groups is 3. The van der Waals surface area contributed by atoms with Gasteiger partial charge in [0.1, 0.15) is 19.0 Å². The van der Waals surface area contributed by atoms with Gasteiger partial charge in [-0.05, 0) is 139 Å². The molecule has 65 heavy (non-hydrogen) atoms. The third kappa shape index (κ3) is 25.1. The van der Waals surface area contributed by atoms with Crippen LogP contribution in [0.25, 0.3) is 0 Å². The predicted molar refractivity (Wildman–Crippen MR) is 254 cm³/mol. The fraction of sp³-hybridized carbons (Fsp3) is 0.700. The van der Waals surface area contributed by atoms with Gasteiger partial charge < -0.3 is 55.6 Å². The zero-order valence-corrected chi connectivity index (χ0v) is 39.3. The molecular formula is C50H87N3O11Pd. The third-order valence-corrected chi connectivity index (χ3v) is 12.3. The van der Waals surface area contributed by atoms with E-state index in [9.17, 15) is 24.6 Å². The number of aliphatic hydroxyl groups is 3. The molecule has 8 N–H and O–H groups in total. The molecule has 4 aliphatic heterocycles. The number of rotatable bonds is 6. The smallest absolute Gasteiger partial charge is 0.410 e. The molecule has 6 aliphatic rings. The van der Waals surface area contributed by atoms with Gasteiger partial charge in [-0.3, -0.25) is 4.79 Å². The summed E-state index contributed by atoms with van der Waals surface area (Å²) in [6.45, 7) is 7.23. The molecule has 2 amide bonds. The van der Waals surface area contributed by atoms with Gasteiger partial charge in [0.15, 0.2) is 0 Å². The van der Waals surface area contributed by atoms with Crippen molar-refractivity contribution in [1.82, 2.24) is 15.1 Å². The number of Topliss-reactive ketones (excluding diaryl/α,β-unsaturated/α-hetero) is 1. The first-order valence-electron chi connectivity index (χ1n) is 22.8. The Morgan fingerprint density at radius 1 is 0.615 bits per heavy atom. The minimum Gasteiger partial charge on any atom is -0.445 e. The van der Waals surface area contributed by atoms with Crippen molar-refractivity contribution in [2.75, 3.05) is 59.6 Å². The number of hydrogen-bond acceptors (Lipinski definition) is 10. The number of hydrogen-bond donors (Lipinski definition) is 4. The number of carbonyl (C=O) groups excluding carboxylic acids is 3. The van der Waals surface area contributed by atoms with Crippen molar-refractivity contribution in [1.29, 1.82) is 0 Å². The number of ether oxygens (including phenoxy) is 3. The van der Waals surface area contributed by atoms with E-state index >= 15 is 0 Å². The molecule has 0 spiro atoms. The molecule has 0 bridgehead atoms. The summed E-state index contributed by atoms with van der Waals surface area (Å²) in [6, 6.07) is 19.3. The quantitative estimate of drug-likeness (QED) is 0.210. The second-order valence-electron chi connectivity index (χ2n) is 17.0. The van der Waals surface area contributed by atoms with E-state index < -0.39 is 5.60 Å². The van der Waals surface area contributed by atoms with Gasteiger partial charge in [0.25, 0.3) is 0 Å². The van der Waals surface area contributed by atoms with E-state index in [0.717, 1.165) is 109 Å².